The highest BCUT2D eigenvalue weighted by Crippen LogP contribution is 2.41. The van der Waals surface area contributed by atoms with Crippen LogP contribution in [-0.2, 0) is 10.2 Å². The number of likely N-dealkylation sites (tertiary alicyclic amines) is 1. The fourth-order valence-electron chi connectivity index (χ4n) is 4.77. The summed E-state index contributed by atoms with van der Waals surface area (Å²) in [5.41, 5.74) is 0.621. The number of hydrogen-bond acceptors (Lipinski definition) is 3. The molecule has 2 fully saturated rings. The van der Waals surface area contributed by atoms with Gasteiger partial charge in [0.1, 0.15) is 5.75 Å². The van der Waals surface area contributed by atoms with Crippen LogP contribution in [0.25, 0.3) is 0 Å². The van der Waals surface area contributed by atoms with Gasteiger partial charge in [0, 0.05) is 24.7 Å². The first-order chi connectivity index (χ1) is 15.1. The number of rotatable bonds is 5. The third-order valence-corrected chi connectivity index (χ3v) is 6.91. The van der Waals surface area contributed by atoms with Crippen LogP contribution in [0.4, 0.5) is 4.79 Å². The lowest BCUT2D eigenvalue weighted by atomic mass is 9.78. The van der Waals surface area contributed by atoms with E-state index in [1.807, 2.05) is 42.5 Å². The van der Waals surface area contributed by atoms with Gasteiger partial charge in [-0.2, -0.15) is 0 Å². The summed E-state index contributed by atoms with van der Waals surface area (Å²) in [5, 5.41) is 3.92. The van der Waals surface area contributed by atoms with Gasteiger partial charge < -0.3 is 15.0 Å². The quantitative estimate of drug-likeness (QED) is 0.696. The second-order valence-electron chi connectivity index (χ2n) is 8.62. The van der Waals surface area contributed by atoms with E-state index in [1.54, 1.807) is 17.0 Å². The number of hydrogen-bond donors (Lipinski definition) is 1. The third kappa shape index (κ3) is 5.04. The molecule has 2 aromatic carbocycles. The summed E-state index contributed by atoms with van der Waals surface area (Å²) in [6.45, 7) is 1.94. The highest BCUT2D eigenvalue weighted by atomic mass is 35.5. The Morgan fingerprint density at radius 3 is 2.29 bits per heavy atom. The van der Waals surface area contributed by atoms with Crippen molar-refractivity contribution in [1.29, 1.82) is 0 Å². The maximum Gasteiger partial charge on any atom is 0.415 e. The van der Waals surface area contributed by atoms with E-state index < -0.39 is 5.41 Å². The van der Waals surface area contributed by atoms with Gasteiger partial charge in [0.05, 0.1) is 5.41 Å². The van der Waals surface area contributed by atoms with Crippen molar-refractivity contribution in [2.75, 3.05) is 19.6 Å². The lowest BCUT2D eigenvalue weighted by Gasteiger charge is -2.33. The zero-order chi connectivity index (χ0) is 21.7. The number of para-hydroxylation sites is 1. The number of nitrogens with zero attached hydrogens (tertiary/aromatic N) is 1. The van der Waals surface area contributed by atoms with Crippen LogP contribution in [0.2, 0.25) is 5.02 Å². The Hall–Kier alpha value is -2.53. The zero-order valence-corrected chi connectivity index (χ0v) is 18.4. The molecule has 5 nitrogen and oxygen atoms in total. The standard InChI is InChI=1S/C25H29ClN2O3/c26-21-10-8-20(9-11-21)25(14-4-5-15-25)23(29)27-18-19-12-16-28(17-13-19)24(30)31-22-6-2-1-3-7-22/h1-3,6-11,19H,4-5,12-18H2,(H,27,29). The minimum atomic E-state index is -0.440. The molecule has 1 heterocycles. The average molecular weight is 441 g/mol. The van der Waals surface area contributed by atoms with Gasteiger partial charge in [0.25, 0.3) is 0 Å². The molecule has 1 aliphatic carbocycles. The molecule has 2 amide bonds. The number of amides is 2. The second-order valence-corrected chi connectivity index (χ2v) is 9.05. The normalized spacial score (nSPS) is 18.5. The van der Waals surface area contributed by atoms with Crippen molar-refractivity contribution in [3.63, 3.8) is 0 Å². The molecule has 0 bridgehead atoms. The molecule has 4 rings (SSSR count). The van der Waals surface area contributed by atoms with Gasteiger partial charge in [-0.3, -0.25) is 4.79 Å². The predicted molar refractivity (Wildman–Crippen MR) is 121 cm³/mol. The van der Waals surface area contributed by atoms with Crippen LogP contribution < -0.4 is 10.1 Å². The monoisotopic (exact) mass is 440 g/mol. The van der Waals surface area contributed by atoms with E-state index in [0.717, 1.165) is 44.1 Å². The van der Waals surface area contributed by atoms with E-state index in [4.69, 9.17) is 16.3 Å². The summed E-state index contributed by atoms with van der Waals surface area (Å²) < 4.78 is 5.43. The van der Waals surface area contributed by atoms with Gasteiger partial charge in [-0.1, -0.05) is 54.8 Å². The van der Waals surface area contributed by atoms with Gasteiger partial charge in [-0.15, -0.1) is 0 Å². The molecule has 31 heavy (non-hydrogen) atoms. The van der Waals surface area contributed by atoms with Crippen LogP contribution >= 0.6 is 11.6 Å². The highest BCUT2D eigenvalue weighted by molar-refractivity contribution is 6.30. The Kier molecular flexibility index (Phi) is 6.81. The fraction of sp³-hybridized carbons (Fsp3) is 0.440. The number of carbonyl (C=O) groups excluding carboxylic acids is 2. The van der Waals surface area contributed by atoms with Crippen LogP contribution in [0.5, 0.6) is 5.75 Å². The number of benzene rings is 2. The number of carbonyl (C=O) groups is 2. The molecule has 2 aliphatic rings. The molecule has 6 heteroatoms. The molecule has 1 N–H and O–H groups in total. The molecule has 0 atom stereocenters. The predicted octanol–water partition coefficient (Wildman–Crippen LogP) is 5.18. The number of halogens is 1. The van der Waals surface area contributed by atoms with E-state index in [2.05, 4.69) is 5.32 Å². The van der Waals surface area contributed by atoms with Gasteiger partial charge in [-0.25, -0.2) is 4.79 Å². The van der Waals surface area contributed by atoms with Crippen molar-refractivity contribution < 1.29 is 14.3 Å². The van der Waals surface area contributed by atoms with E-state index in [-0.39, 0.29) is 12.0 Å². The fourth-order valence-corrected chi connectivity index (χ4v) is 4.90. The van der Waals surface area contributed by atoms with Gasteiger partial charge in [0.15, 0.2) is 0 Å². The number of ether oxygens (including phenoxy) is 1. The Labute approximate surface area is 188 Å². The molecule has 0 unspecified atom stereocenters. The molecule has 164 valence electrons. The first kappa shape index (κ1) is 21.7. The van der Waals surface area contributed by atoms with Crippen LogP contribution in [0.1, 0.15) is 44.1 Å². The largest absolute Gasteiger partial charge is 0.415 e. The van der Waals surface area contributed by atoms with Crippen molar-refractivity contribution in [3.05, 3.63) is 65.2 Å². The van der Waals surface area contributed by atoms with Crippen LogP contribution in [0, 0.1) is 5.92 Å². The topological polar surface area (TPSA) is 58.6 Å². The summed E-state index contributed by atoms with van der Waals surface area (Å²) in [7, 11) is 0. The van der Waals surface area contributed by atoms with Crippen molar-refractivity contribution in [1.82, 2.24) is 10.2 Å². The summed E-state index contributed by atoms with van der Waals surface area (Å²) >= 11 is 6.05. The molecule has 1 saturated carbocycles. The molecule has 2 aromatic rings. The Balaban J connectivity index is 1.28. The Morgan fingerprint density at radius 1 is 1.00 bits per heavy atom. The van der Waals surface area contributed by atoms with Crippen molar-refractivity contribution >= 4 is 23.6 Å². The summed E-state index contributed by atoms with van der Waals surface area (Å²) in [4.78, 5) is 27.4. The molecule has 0 spiro atoms. The first-order valence-electron chi connectivity index (χ1n) is 11.1. The number of nitrogens with one attached hydrogen (secondary N) is 1. The molecule has 1 saturated heterocycles. The van der Waals surface area contributed by atoms with Crippen molar-refractivity contribution in [2.24, 2.45) is 5.92 Å². The third-order valence-electron chi connectivity index (χ3n) is 6.66. The highest BCUT2D eigenvalue weighted by Gasteiger charge is 2.42. The van der Waals surface area contributed by atoms with Crippen LogP contribution in [0.15, 0.2) is 54.6 Å². The van der Waals surface area contributed by atoms with Gasteiger partial charge in [0.2, 0.25) is 5.91 Å². The number of piperidine rings is 1. The van der Waals surface area contributed by atoms with Crippen molar-refractivity contribution in [2.45, 2.75) is 43.9 Å². The Bertz CT molecular complexity index is 887. The lowest BCUT2D eigenvalue weighted by molar-refractivity contribution is -0.126. The molecule has 0 radical (unpaired) electrons. The maximum absolute atomic E-state index is 13.2. The minimum Gasteiger partial charge on any atom is -0.410 e. The van der Waals surface area contributed by atoms with Crippen LogP contribution in [-0.4, -0.2) is 36.5 Å². The zero-order valence-electron chi connectivity index (χ0n) is 17.7. The summed E-state index contributed by atoms with van der Waals surface area (Å²) in [6, 6.07) is 16.9. The summed E-state index contributed by atoms with van der Waals surface area (Å²) in [5.74, 6) is 1.05. The molecule has 1 aliphatic heterocycles. The SMILES string of the molecule is O=C(Oc1ccccc1)N1CCC(CNC(=O)C2(c3ccc(Cl)cc3)CCCC2)CC1. The second kappa shape index (κ2) is 9.73. The van der Waals surface area contributed by atoms with E-state index in [9.17, 15) is 9.59 Å². The van der Waals surface area contributed by atoms with E-state index in [1.165, 1.54) is 0 Å². The Morgan fingerprint density at radius 2 is 1.65 bits per heavy atom. The lowest BCUT2D eigenvalue weighted by Crippen LogP contribution is -2.46. The smallest absolute Gasteiger partial charge is 0.410 e. The average Bonchev–Trinajstić information content (AvgIpc) is 3.30. The van der Waals surface area contributed by atoms with E-state index in [0.29, 0.717) is 36.3 Å². The van der Waals surface area contributed by atoms with Crippen LogP contribution in [0.3, 0.4) is 0 Å². The maximum atomic E-state index is 13.2. The minimum absolute atomic E-state index is 0.123. The van der Waals surface area contributed by atoms with Gasteiger partial charge >= 0.3 is 6.09 Å². The van der Waals surface area contributed by atoms with Crippen molar-refractivity contribution in [3.8, 4) is 5.75 Å². The van der Waals surface area contributed by atoms with Gasteiger partial charge in [-0.05, 0) is 61.4 Å². The molecular weight excluding hydrogens is 412 g/mol. The summed E-state index contributed by atoms with van der Waals surface area (Å²) in [6.07, 6.45) is 5.31. The van der Waals surface area contributed by atoms with E-state index >= 15 is 0 Å². The molecular formula is C25H29ClN2O3. The molecule has 0 aromatic heterocycles. The first-order valence-corrected chi connectivity index (χ1v) is 11.5.